The zero-order valence-corrected chi connectivity index (χ0v) is 20.3. The Kier molecular flexibility index (Phi) is 7.26. The minimum absolute atomic E-state index is 0.110. The Morgan fingerprint density at radius 1 is 0.943 bits per heavy atom. The van der Waals surface area contributed by atoms with Crippen molar-refractivity contribution in [3.8, 4) is 5.75 Å². The summed E-state index contributed by atoms with van der Waals surface area (Å²) in [5.41, 5.74) is 9.46. The van der Waals surface area contributed by atoms with Gasteiger partial charge in [-0.15, -0.1) is 0 Å². The molecule has 1 saturated carbocycles. The van der Waals surface area contributed by atoms with Crippen molar-refractivity contribution in [1.29, 1.82) is 0 Å². The summed E-state index contributed by atoms with van der Waals surface area (Å²) in [4.78, 5) is 9.66. The van der Waals surface area contributed by atoms with Gasteiger partial charge in [-0.25, -0.2) is 9.97 Å². The fourth-order valence-electron chi connectivity index (χ4n) is 4.40. The number of rotatable bonds is 7. The van der Waals surface area contributed by atoms with Crippen molar-refractivity contribution in [1.82, 2.24) is 9.97 Å². The van der Waals surface area contributed by atoms with Crippen LogP contribution >= 0.6 is 11.6 Å². The number of anilines is 1. The van der Waals surface area contributed by atoms with Crippen molar-refractivity contribution in [2.75, 3.05) is 5.32 Å². The Hall–Kier alpha value is -3.41. The number of fused-ring (bicyclic) bond motifs is 1. The molecular formula is C29H29ClN4O. The quantitative estimate of drug-likeness (QED) is 0.305. The Morgan fingerprint density at radius 3 is 2.54 bits per heavy atom. The van der Waals surface area contributed by atoms with Crippen molar-refractivity contribution in [3.05, 3.63) is 94.8 Å². The second kappa shape index (κ2) is 10.9. The van der Waals surface area contributed by atoms with Crippen molar-refractivity contribution in [2.45, 2.75) is 44.4 Å². The number of halogens is 1. The second-order valence-corrected chi connectivity index (χ2v) is 9.40. The summed E-state index contributed by atoms with van der Waals surface area (Å²) >= 11 is 6.01. The first-order valence-electron chi connectivity index (χ1n) is 12.1. The molecule has 5 nitrogen and oxygen atoms in total. The predicted octanol–water partition coefficient (Wildman–Crippen LogP) is 6.71. The Labute approximate surface area is 211 Å². The zero-order valence-electron chi connectivity index (χ0n) is 19.5. The lowest BCUT2D eigenvalue weighted by atomic mass is 9.91. The van der Waals surface area contributed by atoms with Gasteiger partial charge in [-0.05, 0) is 60.4 Å². The molecule has 4 aromatic rings. The van der Waals surface area contributed by atoms with Gasteiger partial charge in [-0.2, -0.15) is 0 Å². The summed E-state index contributed by atoms with van der Waals surface area (Å²) in [6.07, 6.45) is 8.32. The molecule has 1 heterocycles. The van der Waals surface area contributed by atoms with Crippen LogP contribution in [-0.2, 0) is 6.61 Å². The van der Waals surface area contributed by atoms with Crippen molar-refractivity contribution in [2.24, 2.45) is 5.73 Å². The van der Waals surface area contributed by atoms with Crippen molar-refractivity contribution in [3.63, 3.8) is 0 Å². The topological polar surface area (TPSA) is 73.1 Å². The van der Waals surface area contributed by atoms with Crippen LogP contribution in [-0.4, -0.2) is 22.1 Å². The first kappa shape index (κ1) is 23.3. The van der Waals surface area contributed by atoms with Crippen LogP contribution in [0, 0.1) is 0 Å². The average molecular weight is 485 g/mol. The third-order valence-electron chi connectivity index (χ3n) is 6.37. The second-order valence-electron chi connectivity index (χ2n) is 8.97. The van der Waals surface area contributed by atoms with E-state index in [1.54, 1.807) is 0 Å². The van der Waals surface area contributed by atoms with E-state index in [-0.39, 0.29) is 12.1 Å². The summed E-state index contributed by atoms with van der Waals surface area (Å²) < 4.78 is 6.08. The third kappa shape index (κ3) is 5.99. The minimum atomic E-state index is 0.110. The molecule has 5 rings (SSSR count). The number of nitrogens with two attached hydrogens (primary N) is 1. The van der Waals surface area contributed by atoms with Crippen LogP contribution in [0.15, 0.2) is 72.8 Å². The summed E-state index contributed by atoms with van der Waals surface area (Å²) in [5.74, 6) is 2.21. The highest BCUT2D eigenvalue weighted by molar-refractivity contribution is 6.30. The standard InChI is InChI=1S/C29H29ClN4O/c30-22-13-10-20(11-14-22)12-17-28-32-26-16-15-23(35-19-21-6-2-1-3-7-21)18-24(26)29(34-28)33-27-9-5-4-8-25(27)31/h1-3,6-7,10-18,25,27H,4-5,8-9,19,31H2,(H,32,33,34)/t25-,27+/m1/s1. The smallest absolute Gasteiger partial charge is 0.154 e. The molecule has 2 atom stereocenters. The van der Waals surface area contributed by atoms with Crippen molar-refractivity contribution >= 4 is 40.5 Å². The molecule has 3 aromatic carbocycles. The molecule has 35 heavy (non-hydrogen) atoms. The van der Waals surface area contributed by atoms with Crippen LogP contribution in [0.4, 0.5) is 5.82 Å². The third-order valence-corrected chi connectivity index (χ3v) is 6.62. The maximum Gasteiger partial charge on any atom is 0.154 e. The van der Waals surface area contributed by atoms with E-state index in [0.717, 1.165) is 46.4 Å². The van der Waals surface area contributed by atoms with E-state index < -0.39 is 0 Å². The van der Waals surface area contributed by atoms with Crippen LogP contribution in [0.2, 0.25) is 5.02 Å². The molecule has 0 radical (unpaired) electrons. The Bertz CT molecular complexity index is 1310. The summed E-state index contributed by atoms with van der Waals surface area (Å²) in [7, 11) is 0. The van der Waals surface area contributed by atoms with E-state index in [9.17, 15) is 0 Å². The molecule has 1 aromatic heterocycles. The molecule has 3 N–H and O–H groups in total. The number of nitrogens with zero attached hydrogens (tertiary/aromatic N) is 2. The zero-order chi connectivity index (χ0) is 24.0. The van der Waals surface area contributed by atoms with Crippen LogP contribution in [0.25, 0.3) is 23.1 Å². The molecule has 0 saturated heterocycles. The molecule has 0 amide bonds. The van der Waals surface area contributed by atoms with Gasteiger partial charge < -0.3 is 15.8 Å². The molecule has 178 valence electrons. The van der Waals surface area contributed by atoms with Gasteiger partial charge in [0.2, 0.25) is 0 Å². The highest BCUT2D eigenvalue weighted by atomic mass is 35.5. The normalized spacial score (nSPS) is 18.1. The fourth-order valence-corrected chi connectivity index (χ4v) is 4.53. The number of aromatic nitrogens is 2. The van der Waals surface area contributed by atoms with E-state index in [1.807, 2.05) is 72.8 Å². The highest BCUT2D eigenvalue weighted by Gasteiger charge is 2.23. The lowest BCUT2D eigenvalue weighted by molar-refractivity contribution is 0.306. The van der Waals surface area contributed by atoms with E-state index >= 15 is 0 Å². The summed E-state index contributed by atoms with van der Waals surface area (Å²) in [5, 5.41) is 5.28. The van der Waals surface area contributed by atoms with E-state index in [4.69, 9.17) is 32.0 Å². The molecule has 6 heteroatoms. The Morgan fingerprint density at radius 2 is 1.74 bits per heavy atom. The monoisotopic (exact) mass is 484 g/mol. The molecule has 0 spiro atoms. The first-order chi connectivity index (χ1) is 17.1. The highest BCUT2D eigenvalue weighted by Crippen LogP contribution is 2.29. The first-order valence-corrected chi connectivity index (χ1v) is 12.5. The van der Waals surface area contributed by atoms with Crippen LogP contribution in [0.5, 0.6) is 5.75 Å². The van der Waals surface area contributed by atoms with Crippen LogP contribution in [0.1, 0.15) is 42.6 Å². The maximum absolute atomic E-state index is 6.44. The summed E-state index contributed by atoms with van der Waals surface area (Å²) in [6.45, 7) is 0.505. The Balaban J connectivity index is 1.46. The molecule has 0 aliphatic heterocycles. The molecule has 1 aliphatic rings. The van der Waals surface area contributed by atoms with Gasteiger partial charge in [-0.3, -0.25) is 0 Å². The van der Waals surface area contributed by atoms with Gasteiger partial charge in [0.15, 0.2) is 5.82 Å². The number of hydrogen-bond donors (Lipinski definition) is 2. The van der Waals surface area contributed by atoms with E-state index in [1.165, 1.54) is 12.8 Å². The van der Waals surface area contributed by atoms with E-state index in [2.05, 4.69) is 17.4 Å². The molecule has 1 fully saturated rings. The lowest BCUT2D eigenvalue weighted by Crippen LogP contribution is -2.42. The molecule has 1 aliphatic carbocycles. The number of benzene rings is 3. The van der Waals surface area contributed by atoms with Gasteiger partial charge in [0.25, 0.3) is 0 Å². The maximum atomic E-state index is 6.44. The number of ether oxygens (including phenoxy) is 1. The number of hydrogen-bond acceptors (Lipinski definition) is 5. The summed E-state index contributed by atoms with van der Waals surface area (Å²) in [6, 6.07) is 24.1. The number of nitrogens with one attached hydrogen (secondary N) is 1. The van der Waals surface area contributed by atoms with E-state index in [0.29, 0.717) is 17.5 Å². The molecule has 0 bridgehead atoms. The fraction of sp³-hybridized carbons (Fsp3) is 0.241. The van der Waals surface area contributed by atoms with Gasteiger partial charge in [0.05, 0.1) is 5.52 Å². The minimum Gasteiger partial charge on any atom is -0.489 e. The molecule has 0 unspecified atom stereocenters. The largest absolute Gasteiger partial charge is 0.489 e. The van der Waals surface area contributed by atoms with Crippen LogP contribution < -0.4 is 15.8 Å². The average Bonchev–Trinajstić information content (AvgIpc) is 2.89. The van der Waals surface area contributed by atoms with Crippen molar-refractivity contribution < 1.29 is 4.74 Å². The molecular weight excluding hydrogens is 456 g/mol. The predicted molar refractivity (Wildman–Crippen MR) is 145 cm³/mol. The SMILES string of the molecule is N[C@@H]1CCCC[C@@H]1Nc1nc(C=Cc2ccc(Cl)cc2)nc2ccc(OCc3ccccc3)cc12. The van der Waals surface area contributed by atoms with Gasteiger partial charge in [-0.1, -0.05) is 73.0 Å². The van der Waals surface area contributed by atoms with Crippen LogP contribution in [0.3, 0.4) is 0 Å². The lowest BCUT2D eigenvalue weighted by Gasteiger charge is -2.30. The van der Waals surface area contributed by atoms with Gasteiger partial charge in [0.1, 0.15) is 18.2 Å². The van der Waals surface area contributed by atoms with Gasteiger partial charge >= 0.3 is 0 Å². The van der Waals surface area contributed by atoms with Gasteiger partial charge in [0, 0.05) is 22.5 Å².